The average molecular weight is 266 g/mol. The Bertz CT molecular complexity index is 579. The largest absolute Gasteiger partial charge is 0.294 e. The standard InChI is InChI=1S/C19H22O/c1-14(2)16-8-10-18(11-9-16)19(20)13-12-17-7-5-4-6-15(17)3/h4-11,14H,12-13H2,1-3H3. The van der Waals surface area contributed by atoms with Crippen molar-refractivity contribution < 1.29 is 4.79 Å². The number of hydrogen-bond donors (Lipinski definition) is 0. The van der Waals surface area contributed by atoms with E-state index in [9.17, 15) is 4.79 Å². The van der Waals surface area contributed by atoms with Gasteiger partial charge in [-0.2, -0.15) is 0 Å². The molecule has 0 aromatic heterocycles. The molecule has 1 heteroatoms. The van der Waals surface area contributed by atoms with E-state index in [1.54, 1.807) is 0 Å². The van der Waals surface area contributed by atoms with Crippen molar-refractivity contribution in [1.29, 1.82) is 0 Å². The molecule has 20 heavy (non-hydrogen) atoms. The van der Waals surface area contributed by atoms with Crippen molar-refractivity contribution in [3.63, 3.8) is 0 Å². The lowest BCUT2D eigenvalue weighted by Gasteiger charge is -2.07. The van der Waals surface area contributed by atoms with Gasteiger partial charge < -0.3 is 0 Å². The van der Waals surface area contributed by atoms with Gasteiger partial charge in [0.25, 0.3) is 0 Å². The molecule has 0 radical (unpaired) electrons. The number of aryl methyl sites for hydroxylation is 2. The van der Waals surface area contributed by atoms with Crippen LogP contribution in [0.3, 0.4) is 0 Å². The maximum absolute atomic E-state index is 12.2. The lowest BCUT2D eigenvalue weighted by molar-refractivity contribution is 0.0983. The number of carbonyl (C=O) groups is 1. The predicted molar refractivity (Wildman–Crippen MR) is 84.4 cm³/mol. The summed E-state index contributed by atoms with van der Waals surface area (Å²) in [5, 5.41) is 0. The van der Waals surface area contributed by atoms with E-state index in [1.165, 1.54) is 16.7 Å². The summed E-state index contributed by atoms with van der Waals surface area (Å²) < 4.78 is 0. The molecule has 0 heterocycles. The number of benzene rings is 2. The van der Waals surface area contributed by atoms with Gasteiger partial charge in [-0.25, -0.2) is 0 Å². The second kappa shape index (κ2) is 6.51. The minimum absolute atomic E-state index is 0.226. The van der Waals surface area contributed by atoms with Crippen LogP contribution in [0, 0.1) is 6.92 Å². The maximum Gasteiger partial charge on any atom is 0.163 e. The molecule has 0 aliphatic rings. The fourth-order valence-corrected chi connectivity index (χ4v) is 2.34. The van der Waals surface area contributed by atoms with Crippen LogP contribution in [-0.2, 0) is 6.42 Å². The van der Waals surface area contributed by atoms with Crippen molar-refractivity contribution in [1.82, 2.24) is 0 Å². The molecule has 0 saturated heterocycles. The maximum atomic E-state index is 12.2. The molecule has 0 aliphatic heterocycles. The zero-order valence-electron chi connectivity index (χ0n) is 12.5. The van der Waals surface area contributed by atoms with Crippen molar-refractivity contribution in [2.75, 3.05) is 0 Å². The summed E-state index contributed by atoms with van der Waals surface area (Å²) in [5.41, 5.74) is 4.62. The van der Waals surface area contributed by atoms with Crippen LogP contribution in [0.2, 0.25) is 0 Å². The molecule has 0 aliphatic carbocycles. The van der Waals surface area contributed by atoms with Crippen LogP contribution in [0.15, 0.2) is 48.5 Å². The Labute approximate surface area is 121 Å². The van der Waals surface area contributed by atoms with Crippen LogP contribution in [0.5, 0.6) is 0 Å². The molecule has 2 rings (SSSR count). The molecule has 0 unspecified atom stereocenters. The minimum atomic E-state index is 0.226. The van der Waals surface area contributed by atoms with Crippen LogP contribution >= 0.6 is 0 Å². The van der Waals surface area contributed by atoms with Gasteiger partial charge in [-0.05, 0) is 36.0 Å². The van der Waals surface area contributed by atoms with Crippen molar-refractivity contribution >= 4 is 5.78 Å². The van der Waals surface area contributed by atoms with E-state index in [1.807, 2.05) is 24.3 Å². The fourth-order valence-electron chi connectivity index (χ4n) is 2.34. The van der Waals surface area contributed by atoms with E-state index in [4.69, 9.17) is 0 Å². The third-order valence-corrected chi connectivity index (χ3v) is 3.78. The first-order chi connectivity index (χ1) is 9.58. The highest BCUT2D eigenvalue weighted by atomic mass is 16.1. The molecule has 0 fully saturated rings. The van der Waals surface area contributed by atoms with Gasteiger partial charge in [-0.1, -0.05) is 62.4 Å². The molecule has 0 N–H and O–H groups in total. The Morgan fingerprint density at radius 3 is 2.25 bits per heavy atom. The number of rotatable bonds is 5. The van der Waals surface area contributed by atoms with E-state index >= 15 is 0 Å². The van der Waals surface area contributed by atoms with Crippen molar-refractivity contribution in [2.45, 2.75) is 39.5 Å². The fraction of sp³-hybridized carbons (Fsp3) is 0.316. The predicted octanol–water partition coefficient (Wildman–Crippen LogP) is 4.93. The summed E-state index contributed by atoms with van der Waals surface area (Å²) in [5.74, 6) is 0.731. The molecule has 0 spiro atoms. The Morgan fingerprint density at radius 2 is 1.65 bits per heavy atom. The quantitative estimate of drug-likeness (QED) is 0.701. The van der Waals surface area contributed by atoms with Crippen LogP contribution in [-0.4, -0.2) is 5.78 Å². The monoisotopic (exact) mass is 266 g/mol. The van der Waals surface area contributed by atoms with Gasteiger partial charge in [0, 0.05) is 12.0 Å². The molecule has 0 bridgehead atoms. The molecule has 104 valence electrons. The van der Waals surface area contributed by atoms with E-state index in [2.05, 4.69) is 45.0 Å². The summed E-state index contributed by atoms with van der Waals surface area (Å²) in [7, 11) is 0. The van der Waals surface area contributed by atoms with Gasteiger partial charge in [0.1, 0.15) is 0 Å². The van der Waals surface area contributed by atoms with E-state index in [0.29, 0.717) is 12.3 Å². The van der Waals surface area contributed by atoms with Crippen molar-refractivity contribution in [3.05, 3.63) is 70.8 Å². The van der Waals surface area contributed by atoms with Crippen LogP contribution in [0.4, 0.5) is 0 Å². The van der Waals surface area contributed by atoms with Gasteiger partial charge in [0.05, 0.1) is 0 Å². The molecule has 0 amide bonds. The second-order valence-electron chi connectivity index (χ2n) is 5.63. The molecule has 1 nitrogen and oxygen atoms in total. The van der Waals surface area contributed by atoms with Crippen molar-refractivity contribution in [2.24, 2.45) is 0 Å². The van der Waals surface area contributed by atoms with Gasteiger partial charge in [-0.3, -0.25) is 4.79 Å². The summed E-state index contributed by atoms with van der Waals surface area (Å²) >= 11 is 0. The number of ketones is 1. The molecule has 0 saturated carbocycles. The topological polar surface area (TPSA) is 17.1 Å². The van der Waals surface area contributed by atoms with Gasteiger partial charge >= 0.3 is 0 Å². The van der Waals surface area contributed by atoms with E-state index in [-0.39, 0.29) is 5.78 Å². The zero-order chi connectivity index (χ0) is 14.5. The third kappa shape index (κ3) is 3.57. The summed E-state index contributed by atoms with van der Waals surface area (Å²) in [6, 6.07) is 16.3. The summed E-state index contributed by atoms with van der Waals surface area (Å²) in [6.45, 7) is 6.42. The lowest BCUT2D eigenvalue weighted by Crippen LogP contribution is -2.02. The first-order valence-electron chi connectivity index (χ1n) is 7.25. The van der Waals surface area contributed by atoms with E-state index < -0.39 is 0 Å². The smallest absolute Gasteiger partial charge is 0.163 e. The zero-order valence-corrected chi connectivity index (χ0v) is 12.5. The van der Waals surface area contributed by atoms with E-state index in [0.717, 1.165) is 12.0 Å². The highest BCUT2D eigenvalue weighted by molar-refractivity contribution is 5.96. The Morgan fingerprint density at radius 1 is 1.00 bits per heavy atom. The number of carbonyl (C=O) groups excluding carboxylic acids is 1. The average Bonchev–Trinajstić information content (AvgIpc) is 2.46. The minimum Gasteiger partial charge on any atom is -0.294 e. The number of hydrogen-bond acceptors (Lipinski definition) is 1. The number of Topliss-reactive ketones (excluding diaryl/α,β-unsaturated/α-hetero) is 1. The van der Waals surface area contributed by atoms with Gasteiger partial charge in [-0.15, -0.1) is 0 Å². The summed E-state index contributed by atoms with van der Waals surface area (Å²) in [4.78, 5) is 12.2. The highest BCUT2D eigenvalue weighted by Gasteiger charge is 2.08. The van der Waals surface area contributed by atoms with Crippen LogP contribution in [0.1, 0.15) is 53.2 Å². The molecule has 2 aromatic rings. The normalized spacial score (nSPS) is 10.8. The Hall–Kier alpha value is -1.89. The summed E-state index contributed by atoms with van der Waals surface area (Å²) in [6.07, 6.45) is 1.39. The first-order valence-corrected chi connectivity index (χ1v) is 7.25. The van der Waals surface area contributed by atoms with Crippen LogP contribution in [0.25, 0.3) is 0 Å². The molecular weight excluding hydrogens is 244 g/mol. The molecule has 2 aromatic carbocycles. The van der Waals surface area contributed by atoms with Crippen molar-refractivity contribution in [3.8, 4) is 0 Å². The lowest BCUT2D eigenvalue weighted by atomic mass is 9.97. The van der Waals surface area contributed by atoms with Crippen LogP contribution < -0.4 is 0 Å². The third-order valence-electron chi connectivity index (χ3n) is 3.78. The molecular formula is C19H22O. The molecule has 0 atom stereocenters. The SMILES string of the molecule is Cc1ccccc1CCC(=O)c1ccc(C(C)C)cc1. The van der Waals surface area contributed by atoms with Gasteiger partial charge in [0.2, 0.25) is 0 Å². The Balaban J connectivity index is 2.00. The second-order valence-corrected chi connectivity index (χ2v) is 5.63. The Kier molecular flexibility index (Phi) is 4.73. The first kappa shape index (κ1) is 14.5. The van der Waals surface area contributed by atoms with Gasteiger partial charge in [0.15, 0.2) is 5.78 Å². The highest BCUT2D eigenvalue weighted by Crippen LogP contribution is 2.17.